The number of hydrogen-bond donors (Lipinski definition) is 1. The molecule has 0 aliphatic heterocycles. The summed E-state index contributed by atoms with van der Waals surface area (Å²) in [6, 6.07) is 2.34. The molecule has 100 valence electrons. The standard InChI is InChI=1S/C11H13F3N2O2/c1-2-8(15)5-7-3-4-9(16(17)18)6-10(7)11(12,13)14/h3-4,6,8H,2,5,15H2,1H3. The van der Waals surface area contributed by atoms with Crippen molar-refractivity contribution < 1.29 is 18.1 Å². The Hall–Kier alpha value is -1.63. The molecule has 1 atom stereocenters. The van der Waals surface area contributed by atoms with Gasteiger partial charge in [-0.05, 0) is 18.4 Å². The molecule has 0 aliphatic rings. The lowest BCUT2D eigenvalue weighted by molar-refractivity contribution is -0.385. The average molecular weight is 262 g/mol. The van der Waals surface area contributed by atoms with E-state index in [1.807, 2.05) is 0 Å². The van der Waals surface area contributed by atoms with Crippen molar-refractivity contribution in [3.05, 3.63) is 39.4 Å². The van der Waals surface area contributed by atoms with E-state index in [4.69, 9.17) is 5.73 Å². The first-order valence-corrected chi connectivity index (χ1v) is 5.35. The summed E-state index contributed by atoms with van der Waals surface area (Å²) in [7, 11) is 0. The zero-order valence-electron chi connectivity index (χ0n) is 9.70. The fraction of sp³-hybridized carbons (Fsp3) is 0.455. The van der Waals surface area contributed by atoms with Crippen LogP contribution < -0.4 is 5.73 Å². The van der Waals surface area contributed by atoms with E-state index in [2.05, 4.69) is 0 Å². The number of nitrogens with two attached hydrogens (primary N) is 1. The van der Waals surface area contributed by atoms with E-state index in [1.165, 1.54) is 0 Å². The highest BCUT2D eigenvalue weighted by Gasteiger charge is 2.35. The number of benzene rings is 1. The first-order chi connectivity index (χ1) is 8.25. The number of alkyl halides is 3. The Morgan fingerprint density at radius 1 is 1.44 bits per heavy atom. The Morgan fingerprint density at radius 3 is 2.50 bits per heavy atom. The molecule has 0 bridgehead atoms. The summed E-state index contributed by atoms with van der Waals surface area (Å²) < 4.78 is 38.3. The number of rotatable bonds is 4. The Morgan fingerprint density at radius 2 is 2.06 bits per heavy atom. The van der Waals surface area contributed by atoms with Crippen LogP contribution in [0.25, 0.3) is 0 Å². The van der Waals surface area contributed by atoms with Gasteiger partial charge in [-0.1, -0.05) is 13.0 Å². The lowest BCUT2D eigenvalue weighted by Gasteiger charge is -2.15. The Kier molecular flexibility index (Phi) is 4.28. The van der Waals surface area contributed by atoms with Crippen LogP contribution in [0.1, 0.15) is 24.5 Å². The van der Waals surface area contributed by atoms with Crippen LogP contribution in [-0.4, -0.2) is 11.0 Å². The van der Waals surface area contributed by atoms with Crippen molar-refractivity contribution in [1.29, 1.82) is 0 Å². The molecule has 7 heteroatoms. The maximum absolute atomic E-state index is 12.8. The van der Waals surface area contributed by atoms with Crippen LogP contribution in [0.4, 0.5) is 18.9 Å². The van der Waals surface area contributed by atoms with Gasteiger partial charge in [0.25, 0.3) is 5.69 Å². The molecule has 0 saturated heterocycles. The van der Waals surface area contributed by atoms with Crippen LogP contribution in [-0.2, 0) is 12.6 Å². The predicted octanol–water partition coefficient (Wildman–Crippen LogP) is 2.89. The summed E-state index contributed by atoms with van der Waals surface area (Å²) in [5.41, 5.74) is 4.04. The first kappa shape index (κ1) is 14.4. The summed E-state index contributed by atoms with van der Waals surface area (Å²) in [5, 5.41) is 10.5. The molecule has 0 aliphatic carbocycles. The summed E-state index contributed by atoms with van der Waals surface area (Å²) in [5.74, 6) is 0. The van der Waals surface area contributed by atoms with Crippen LogP contribution in [0, 0.1) is 10.1 Å². The highest BCUT2D eigenvalue weighted by Crippen LogP contribution is 2.34. The second kappa shape index (κ2) is 5.34. The number of halogens is 3. The van der Waals surface area contributed by atoms with Crippen molar-refractivity contribution in [2.24, 2.45) is 5.73 Å². The molecule has 2 N–H and O–H groups in total. The molecule has 0 amide bonds. The third kappa shape index (κ3) is 3.43. The molecule has 4 nitrogen and oxygen atoms in total. The Balaban J connectivity index is 3.21. The zero-order chi connectivity index (χ0) is 13.9. The van der Waals surface area contributed by atoms with Gasteiger partial charge >= 0.3 is 6.18 Å². The minimum absolute atomic E-state index is 0.0116. The van der Waals surface area contributed by atoms with Crippen molar-refractivity contribution in [3.8, 4) is 0 Å². The molecule has 18 heavy (non-hydrogen) atoms. The van der Waals surface area contributed by atoms with Gasteiger partial charge in [-0.25, -0.2) is 0 Å². The molecule has 0 radical (unpaired) electrons. The van der Waals surface area contributed by atoms with Gasteiger partial charge in [0.05, 0.1) is 10.5 Å². The number of hydrogen-bond acceptors (Lipinski definition) is 3. The smallest absolute Gasteiger partial charge is 0.327 e. The van der Waals surface area contributed by atoms with Crippen molar-refractivity contribution in [1.82, 2.24) is 0 Å². The molecule has 0 spiro atoms. The molecule has 1 aromatic carbocycles. The molecule has 1 aromatic rings. The minimum Gasteiger partial charge on any atom is -0.327 e. The molecule has 1 rings (SSSR count). The fourth-order valence-electron chi connectivity index (χ4n) is 1.55. The van der Waals surface area contributed by atoms with Gasteiger partial charge in [0.1, 0.15) is 0 Å². The highest BCUT2D eigenvalue weighted by molar-refractivity contribution is 5.41. The third-order valence-corrected chi connectivity index (χ3v) is 2.62. The predicted molar refractivity (Wildman–Crippen MR) is 60.1 cm³/mol. The number of nitrogens with zero attached hydrogens (tertiary/aromatic N) is 1. The van der Waals surface area contributed by atoms with E-state index >= 15 is 0 Å². The van der Waals surface area contributed by atoms with E-state index in [0.29, 0.717) is 12.5 Å². The highest BCUT2D eigenvalue weighted by atomic mass is 19.4. The van der Waals surface area contributed by atoms with Crippen LogP contribution in [0.3, 0.4) is 0 Å². The quantitative estimate of drug-likeness (QED) is 0.670. The largest absolute Gasteiger partial charge is 0.416 e. The van der Waals surface area contributed by atoms with E-state index < -0.39 is 28.4 Å². The monoisotopic (exact) mass is 262 g/mol. The van der Waals surface area contributed by atoms with E-state index in [0.717, 1.165) is 12.1 Å². The van der Waals surface area contributed by atoms with Crippen LogP contribution >= 0.6 is 0 Å². The van der Waals surface area contributed by atoms with Crippen LogP contribution in [0.5, 0.6) is 0 Å². The summed E-state index contributed by atoms with van der Waals surface area (Å²) in [6.45, 7) is 1.77. The van der Waals surface area contributed by atoms with Crippen molar-refractivity contribution in [3.63, 3.8) is 0 Å². The van der Waals surface area contributed by atoms with Gasteiger partial charge in [0, 0.05) is 18.2 Å². The molecule has 0 heterocycles. The zero-order valence-corrected chi connectivity index (χ0v) is 9.70. The maximum atomic E-state index is 12.8. The van der Waals surface area contributed by atoms with Crippen LogP contribution in [0.15, 0.2) is 18.2 Å². The fourth-order valence-corrected chi connectivity index (χ4v) is 1.55. The second-order valence-electron chi connectivity index (χ2n) is 3.97. The Labute approximate surface area is 102 Å². The molecule has 1 unspecified atom stereocenters. The van der Waals surface area contributed by atoms with E-state index in [1.54, 1.807) is 6.92 Å². The van der Waals surface area contributed by atoms with E-state index in [9.17, 15) is 23.3 Å². The molecule has 0 saturated carbocycles. The van der Waals surface area contributed by atoms with Gasteiger partial charge < -0.3 is 5.73 Å². The Bertz CT molecular complexity index is 446. The lowest BCUT2D eigenvalue weighted by Crippen LogP contribution is -2.23. The third-order valence-electron chi connectivity index (χ3n) is 2.62. The van der Waals surface area contributed by atoms with Crippen LogP contribution in [0.2, 0.25) is 0 Å². The van der Waals surface area contributed by atoms with Gasteiger partial charge in [-0.15, -0.1) is 0 Å². The van der Waals surface area contributed by atoms with Gasteiger partial charge in [0.15, 0.2) is 0 Å². The molecule has 0 aromatic heterocycles. The molecular formula is C11H13F3N2O2. The van der Waals surface area contributed by atoms with Gasteiger partial charge in [-0.2, -0.15) is 13.2 Å². The normalized spacial score (nSPS) is 13.4. The summed E-state index contributed by atoms with van der Waals surface area (Å²) in [4.78, 5) is 9.63. The maximum Gasteiger partial charge on any atom is 0.416 e. The lowest BCUT2D eigenvalue weighted by atomic mass is 9.98. The number of non-ortho nitro benzene ring substituents is 1. The first-order valence-electron chi connectivity index (χ1n) is 5.35. The topological polar surface area (TPSA) is 69.2 Å². The SMILES string of the molecule is CCC(N)Cc1ccc([N+](=O)[O-])cc1C(F)(F)F. The van der Waals surface area contributed by atoms with Crippen molar-refractivity contribution >= 4 is 5.69 Å². The summed E-state index contributed by atoms with van der Waals surface area (Å²) >= 11 is 0. The van der Waals surface area contributed by atoms with Crippen molar-refractivity contribution in [2.75, 3.05) is 0 Å². The average Bonchev–Trinajstić information content (AvgIpc) is 2.27. The van der Waals surface area contributed by atoms with Crippen molar-refractivity contribution in [2.45, 2.75) is 32.0 Å². The number of nitro benzene ring substituents is 1. The second-order valence-corrected chi connectivity index (χ2v) is 3.97. The number of nitro groups is 1. The van der Waals surface area contributed by atoms with Gasteiger partial charge in [0.2, 0.25) is 0 Å². The minimum atomic E-state index is -4.62. The molecular weight excluding hydrogens is 249 g/mol. The molecule has 0 fully saturated rings. The summed E-state index contributed by atoms with van der Waals surface area (Å²) in [6.07, 6.45) is -4.04. The van der Waals surface area contributed by atoms with Gasteiger partial charge in [-0.3, -0.25) is 10.1 Å². The van der Waals surface area contributed by atoms with E-state index in [-0.39, 0.29) is 12.0 Å².